The van der Waals surface area contributed by atoms with Gasteiger partial charge in [0.1, 0.15) is 16.3 Å². The molecule has 8 heteroatoms. The van der Waals surface area contributed by atoms with Crippen LogP contribution in [0.1, 0.15) is 26.7 Å². The van der Waals surface area contributed by atoms with E-state index >= 15 is 0 Å². The zero-order valence-corrected chi connectivity index (χ0v) is 15.0. The van der Waals surface area contributed by atoms with E-state index in [-0.39, 0.29) is 11.4 Å². The van der Waals surface area contributed by atoms with Crippen molar-refractivity contribution < 1.29 is 13.2 Å². The lowest BCUT2D eigenvalue weighted by Crippen LogP contribution is -2.49. The molecule has 0 aliphatic heterocycles. The summed E-state index contributed by atoms with van der Waals surface area (Å²) in [5.41, 5.74) is 6.27. The normalized spacial score (nSPS) is 12.3. The summed E-state index contributed by atoms with van der Waals surface area (Å²) in [5, 5.41) is 4.13. The predicted molar refractivity (Wildman–Crippen MR) is 92.8 cm³/mol. The van der Waals surface area contributed by atoms with Crippen LogP contribution in [0.3, 0.4) is 0 Å². The Morgan fingerprint density at radius 1 is 1.29 bits per heavy atom. The minimum absolute atomic E-state index is 0.0861. The first-order valence-corrected chi connectivity index (χ1v) is 9.30. The highest BCUT2D eigenvalue weighted by Crippen LogP contribution is 2.22. The Bertz CT molecular complexity index is 782. The van der Waals surface area contributed by atoms with Crippen LogP contribution < -0.4 is 15.2 Å². The third-order valence-corrected chi connectivity index (χ3v) is 5.58. The monoisotopic (exact) mass is 352 g/mol. The first-order valence-electron chi connectivity index (χ1n) is 7.82. The van der Waals surface area contributed by atoms with Gasteiger partial charge in [0.05, 0.1) is 19.5 Å². The van der Waals surface area contributed by atoms with Crippen molar-refractivity contribution in [3.05, 3.63) is 36.7 Å². The number of benzene rings is 1. The molecule has 7 nitrogen and oxygen atoms in total. The molecule has 132 valence electrons. The van der Waals surface area contributed by atoms with Gasteiger partial charge in [-0.1, -0.05) is 26.0 Å². The van der Waals surface area contributed by atoms with Crippen LogP contribution in [0.4, 0.5) is 0 Å². The number of methoxy groups -OCH3 is 1. The molecule has 0 bridgehead atoms. The van der Waals surface area contributed by atoms with Gasteiger partial charge in [0.15, 0.2) is 0 Å². The quantitative estimate of drug-likeness (QED) is 0.753. The summed E-state index contributed by atoms with van der Waals surface area (Å²) in [6.45, 7) is 4.07. The van der Waals surface area contributed by atoms with E-state index in [2.05, 4.69) is 9.82 Å². The fourth-order valence-electron chi connectivity index (χ4n) is 2.22. The second-order valence-corrected chi connectivity index (χ2v) is 7.45. The minimum Gasteiger partial charge on any atom is -0.494 e. The van der Waals surface area contributed by atoms with Crippen LogP contribution in [0.2, 0.25) is 0 Å². The number of nitrogens with zero attached hydrogens (tertiary/aromatic N) is 2. The molecule has 24 heavy (non-hydrogen) atoms. The summed E-state index contributed by atoms with van der Waals surface area (Å²) in [6.07, 6.45) is 4.14. The summed E-state index contributed by atoms with van der Waals surface area (Å²) in [6, 6.07) is 7.25. The van der Waals surface area contributed by atoms with Crippen LogP contribution in [-0.2, 0) is 10.0 Å². The molecule has 0 fully saturated rings. The molecular formula is C16H24N4O3S. The number of sulfonamides is 1. The van der Waals surface area contributed by atoms with Gasteiger partial charge in [0.2, 0.25) is 10.0 Å². The third kappa shape index (κ3) is 3.95. The molecule has 1 heterocycles. The van der Waals surface area contributed by atoms with Gasteiger partial charge >= 0.3 is 0 Å². The summed E-state index contributed by atoms with van der Waals surface area (Å²) in [4.78, 5) is 0.0861. The smallest absolute Gasteiger partial charge is 0.243 e. The zero-order valence-electron chi connectivity index (χ0n) is 14.2. The Labute approximate surface area is 142 Å². The summed E-state index contributed by atoms with van der Waals surface area (Å²) in [7, 11) is -2.12. The van der Waals surface area contributed by atoms with Crippen molar-refractivity contribution in [1.82, 2.24) is 14.5 Å². The topological polar surface area (TPSA) is 99.2 Å². The van der Waals surface area contributed by atoms with Crippen LogP contribution in [0.5, 0.6) is 5.75 Å². The van der Waals surface area contributed by atoms with Crippen LogP contribution in [-0.4, -0.2) is 37.4 Å². The Kier molecular flexibility index (Phi) is 5.63. The number of para-hydroxylation sites is 2. The summed E-state index contributed by atoms with van der Waals surface area (Å²) >= 11 is 0. The molecule has 0 amide bonds. The van der Waals surface area contributed by atoms with Gasteiger partial charge in [-0.25, -0.2) is 17.8 Å². The maximum Gasteiger partial charge on any atom is 0.243 e. The molecule has 0 atom stereocenters. The number of hydrogen-bond acceptors (Lipinski definition) is 5. The lowest BCUT2D eigenvalue weighted by atomic mass is 9.95. The number of nitrogens with one attached hydrogen (secondary N) is 1. The van der Waals surface area contributed by atoms with Crippen molar-refractivity contribution in [3.63, 3.8) is 0 Å². The summed E-state index contributed by atoms with van der Waals surface area (Å²) < 4.78 is 34.2. The van der Waals surface area contributed by atoms with E-state index in [1.807, 2.05) is 26.0 Å². The molecule has 0 saturated carbocycles. The van der Waals surface area contributed by atoms with Crippen molar-refractivity contribution in [3.8, 4) is 11.4 Å². The molecule has 0 saturated heterocycles. The Morgan fingerprint density at radius 2 is 1.96 bits per heavy atom. The van der Waals surface area contributed by atoms with Crippen LogP contribution in [0.25, 0.3) is 5.69 Å². The van der Waals surface area contributed by atoms with E-state index in [1.165, 1.54) is 17.1 Å². The standard InChI is InChI=1S/C16H24N4O3S/c1-4-16(17,5-2)12-19-24(21,22)13-10-18-20(11-13)14-8-6-7-9-15(14)23-3/h6-11,19H,4-5,12,17H2,1-3H3. The molecule has 1 aromatic carbocycles. The first kappa shape index (κ1) is 18.4. The van der Waals surface area contributed by atoms with Crippen molar-refractivity contribution in [1.29, 1.82) is 0 Å². The van der Waals surface area contributed by atoms with Crippen LogP contribution >= 0.6 is 0 Å². The highest BCUT2D eigenvalue weighted by atomic mass is 32.2. The van der Waals surface area contributed by atoms with E-state index in [9.17, 15) is 8.42 Å². The third-order valence-electron chi connectivity index (χ3n) is 4.22. The molecule has 0 radical (unpaired) electrons. The Hall–Kier alpha value is -1.90. The average molecular weight is 352 g/mol. The number of hydrogen-bond donors (Lipinski definition) is 2. The number of aromatic nitrogens is 2. The predicted octanol–water partition coefficient (Wildman–Crippen LogP) is 1.68. The maximum absolute atomic E-state index is 12.5. The second kappa shape index (κ2) is 7.33. The lowest BCUT2D eigenvalue weighted by molar-refractivity contribution is 0.392. The molecule has 1 aromatic heterocycles. The molecule has 3 N–H and O–H groups in total. The minimum atomic E-state index is -3.67. The fourth-order valence-corrected chi connectivity index (χ4v) is 3.29. The van der Waals surface area contributed by atoms with Gasteiger partial charge in [-0.3, -0.25) is 0 Å². The molecule has 2 rings (SSSR count). The number of ether oxygens (including phenoxy) is 1. The molecule has 0 unspecified atom stereocenters. The van der Waals surface area contributed by atoms with Crippen molar-refractivity contribution in [2.75, 3.05) is 13.7 Å². The lowest BCUT2D eigenvalue weighted by Gasteiger charge is -2.26. The van der Waals surface area contributed by atoms with Crippen molar-refractivity contribution >= 4 is 10.0 Å². The van der Waals surface area contributed by atoms with E-state index in [0.717, 1.165) is 0 Å². The van der Waals surface area contributed by atoms with E-state index in [0.29, 0.717) is 24.3 Å². The average Bonchev–Trinajstić information content (AvgIpc) is 3.10. The Balaban J connectivity index is 2.23. The molecule has 0 spiro atoms. The SMILES string of the molecule is CCC(N)(CC)CNS(=O)(=O)c1cnn(-c2ccccc2OC)c1. The number of rotatable bonds is 8. The van der Waals surface area contributed by atoms with Gasteiger partial charge in [0.25, 0.3) is 0 Å². The molecular weight excluding hydrogens is 328 g/mol. The maximum atomic E-state index is 12.5. The highest BCUT2D eigenvalue weighted by Gasteiger charge is 2.25. The molecule has 0 aliphatic carbocycles. The second-order valence-electron chi connectivity index (χ2n) is 5.69. The molecule has 2 aromatic rings. The fraction of sp³-hybridized carbons (Fsp3) is 0.438. The van der Waals surface area contributed by atoms with Gasteiger partial charge in [-0.2, -0.15) is 5.10 Å². The van der Waals surface area contributed by atoms with Gasteiger partial charge < -0.3 is 10.5 Å². The van der Waals surface area contributed by atoms with Gasteiger partial charge in [-0.15, -0.1) is 0 Å². The highest BCUT2D eigenvalue weighted by molar-refractivity contribution is 7.89. The van der Waals surface area contributed by atoms with Crippen molar-refractivity contribution in [2.45, 2.75) is 37.1 Å². The van der Waals surface area contributed by atoms with Crippen LogP contribution in [0, 0.1) is 0 Å². The van der Waals surface area contributed by atoms with E-state index < -0.39 is 15.6 Å². The van der Waals surface area contributed by atoms with Gasteiger partial charge in [0, 0.05) is 12.1 Å². The van der Waals surface area contributed by atoms with E-state index in [4.69, 9.17) is 10.5 Å². The van der Waals surface area contributed by atoms with Crippen LogP contribution in [0.15, 0.2) is 41.6 Å². The summed E-state index contributed by atoms with van der Waals surface area (Å²) in [5.74, 6) is 0.607. The largest absolute Gasteiger partial charge is 0.494 e. The van der Waals surface area contributed by atoms with Gasteiger partial charge in [-0.05, 0) is 25.0 Å². The zero-order chi connectivity index (χ0) is 17.8. The Morgan fingerprint density at radius 3 is 2.58 bits per heavy atom. The number of nitrogens with two attached hydrogens (primary N) is 1. The first-order chi connectivity index (χ1) is 11.3. The van der Waals surface area contributed by atoms with E-state index in [1.54, 1.807) is 19.2 Å². The van der Waals surface area contributed by atoms with Crippen molar-refractivity contribution in [2.24, 2.45) is 5.73 Å². The molecule has 0 aliphatic rings.